The highest BCUT2D eigenvalue weighted by Crippen LogP contribution is 2.49. The molecule has 0 amide bonds. The Bertz CT molecular complexity index is 1310. The molecule has 1 N–H and O–H groups in total. The van der Waals surface area contributed by atoms with Crippen LogP contribution in [0.5, 0.6) is 11.5 Å². The summed E-state index contributed by atoms with van der Waals surface area (Å²) in [5, 5.41) is 3.32. The molecule has 4 rings (SSSR count). The SMILES string of the molecule is CCOC(=O)C1=C(C)NC2=C(C(=O)[C@H](C(=O)OCC)[C@H](c3ccccc3OC)C2)[C@H]1c1ccc(OCC)cc1. The highest BCUT2D eigenvalue weighted by molar-refractivity contribution is 6.13. The zero-order chi connectivity index (χ0) is 28.1. The first-order valence-electron chi connectivity index (χ1n) is 13.3. The molecule has 39 heavy (non-hydrogen) atoms. The molecular weight excluding hydrogens is 498 g/mol. The van der Waals surface area contributed by atoms with Gasteiger partial charge in [0.2, 0.25) is 0 Å². The Morgan fingerprint density at radius 3 is 2.28 bits per heavy atom. The lowest BCUT2D eigenvalue weighted by Gasteiger charge is -2.39. The molecule has 2 aromatic rings. The maximum Gasteiger partial charge on any atom is 0.336 e. The summed E-state index contributed by atoms with van der Waals surface area (Å²) < 4.78 is 22.0. The molecule has 8 heteroatoms. The largest absolute Gasteiger partial charge is 0.496 e. The van der Waals surface area contributed by atoms with Crippen molar-refractivity contribution in [2.75, 3.05) is 26.9 Å². The van der Waals surface area contributed by atoms with Crippen LogP contribution in [0.25, 0.3) is 0 Å². The van der Waals surface area contributed by atoms with Gasteiger partial charge in [-0.05, 0) is 63.4 Å². The first-order valence-corrected chi connectivity index (χ1v) is 13.3. The molecule has 0 fully saturated rings. The van der Waals surface area contributed by atoms with Crippen molar-refractivity contribution in [3.8, 4) is 11.5 Å². The van der Waals surface area contributed by atoms with Gasteiger partial charge in [-0.25, -0.2) is 4.79 Å². The van der Waals surface area contributed by atoms with Crippen molar-refractivity contribution in [2.45, 2.75) is 46.0 Å². The summed E-state index contributed by atoms with van der Waals surface area (Å²) in [6, 6.07) is 14.7. The van der Waals surface area contributed by atoms with E-state index in [4.69, 9.17) is 18.9 Å². The van der Waals surface area contributed by atoms with Crippen molar-refractivity contribution >= 4 is 17.7 Å². The van der Waals surface area contributed by atoms with Crippen molar-refractivity contribution in [3.63, 3.8) is 0 Å². The van der Waals surface area contributed by atoms with Crippen LogP contribution in [0.1, 0.15) is 57.1 Å². The van der Waals surface area contributed by atoms with Gasteiger partial charge in [-0.3, -0.25) is 9.59 Å². The van der Waals surface area contributed by atoms with E-state index < -0.39 is 29.7 Å². The number of hydrogen-bond acceptors (Lipinski definition) is 8. The number of carbonyl (C=O) groups excluding carboxylic acids is 3. The van der Waals surface area contributed by atoms with Gasteiger partial charge in [0, 0.05) is 28.8 Å². The van der Waals surface area contributed by atoms with Crippen molar-refractivity contribution in [1.29, 1.82) is 0 Å². The fourth-order valence-electron chi connectivity index (χ4n) is 5.54. The Labute approximate surface area is 229 Å². The van der Waals surface area contributed by atoms with Gasteiger partial charge in [0.1, 0.15) is 17.4 Å². The number of rotatable bonds is 9. The van der Waals surface area contributed by atoms with Crippen LogP contribution in [0, 0.1) is 5.92 Å². The zero-order valence-corrected chi connectivity index (χ0v) is 23.0. The van der Waals surface area contributed by atoms with Gasteiger partial charge in [-0.1, -0.05) is 30.3 Å². The molecule has 0 saturated heterocycles. The molecule has 1 aliphatic carbocycles. The zero-order valence-electron chi connectivity index (χ0n) is 23.0. The summed E-state index contributed by atoms with van der Waals surface area (Å²) in [4.78, 5) is 41.0. The standard InChI is InChI=1S/C31H35NO7/c1-6-37-20-15-13-19(14-16-20)26-25(30(34)38-7-2)18(4)32-23-17-22(21-11-9-10-12-24(21)36-5)27(29(33)28(23)26)31(35)39-8-3/h9-16,22,26-27,32H,6-8,17H2,1-5H3/t22-,26-,27+/m0/s1. The summed E-state index contributed by atoms with van der Waals surface area (Å²) in [5.74, 6) is -2.57. The smallest absolute Gasteiger partial charge is 0.336 e. The van der Waals surface area contributed by atoms with Crippen molar-refractivity contribution in [2.24, 2.45) is 5.92 Å². The first kappa shape index (κ1) is 28.0. The minimum atomic E-state index is -1.10. The maximum atomic E-state index is 14.4. The number of carbonyl (C=O) groups is 3. The van der Waals surface area contributed by atoms with E-state index in [2.05, 4.69) is 5.32 Å². The van der Waals surface area contributed by atoms with Gasteiger partial charge in [0.05, 0.1) is 32.5 Å². The number of ether oxygens (including phenoxy) is 4. The molecule has 0 spiro atoms. The molecule has 3 atom stereocenters. The number of methoxy groups -OCH3 is 1. The summed E-state index contributed by atoms with van der Waals surface area (Å²) in [6.45, 7) is 7.99. The monoisotopic (exact) mass is 533 g/mol. The average molecular weight is 534 g/mol. The average Bonchev–Trinajstić information content (AvgIpc) is 2.93. The van der Waals surface area contributed by atoms with Crippen LogP contribution < -0.4 is 14.8 Å². The topological polar surface area (TPSA) is 100 Å². The Balaban J connectivity index is 1.90. The third kappa shape index (κ3) is 5.41. The lowest BCUT2D eigenvalue weighted by Crippen LogP contribution is -2.43. The first-order chi connectivity index (χ1) is 18.9. The number of nitrogens with one attached hydrogen (secondary N) is 1. The van der Waals surface area contributed by atoms with Crippen LogP contribution in [0.15, 0.2) is 71.1 Å². The highest BCUT2D eigenvalue weighted by atomic mass is 16.5. The van der Waals surface area contributed by atoms with E-state index in [1.165, 1.54) is 0 Å². The van der Waals surface area contributed by atoms with Crippen LogP contribution in [0.3, 0.4) is 0 Å². The van der Waals surface area contributed by atoms with Crippen LogP contribution in [0.2, 0.25) is 0 Å². The molecule has 1 aliphatic heterocycles. The Morgan fingerprint density at radius 1 is 0.949 bits per heavy atom. The predicted molar refractivity (Wildman–Crippen MR) is 145 cm³/mol. The highest BCUT2D eigenvalue weighted by Gasteiger charge is 2.49. The lowest BCUT2D eigenvalue weighted by molar-refractivity contribution is -0.152. The predicted octanol–water partition coefficient (Wildman–Crippen LogP) is 4.81. The third-order valence-electron chi connectivity index (χ3n) is 7.12. The number of allylic oxidation sites excluding steroid dienone is 3. The van der Waals surface area contributed by atoms with Gasteiger partial charge in [0.25, 0.3) is 0 Å². The second-order valence-electron chi connectivity index (χ2n) is 9.36. The van der Waals surface area contributed by atoms with Crippen molar-refractivity contribution in [3.05, 3.63) is 82.2 Å². The molecule has 0 bridgehead atoms. The molecule has 1 heterocycles. The second-order valence-corrected chi connectivity index (χ2v) is 9.36. The van der Waals surface area contributed by atoms with E-state index in [1.54, 1.807) is 27.9 Å². The Morgan fingerprint density at radius 2 is 1.64 bits per heavy atom. The summed E-state index contributed by atoms with van der Waals surface area (Å²) in [6.07, 6.45) is 0.353. The van der Waals surface area contributed by atoms with Gasteiger partial charge in [-0.15, -0.1) is 0 Å². The molecule has 2 aliphatic rings. The van der Waals surface area contributed by atoms with Crippen molar-refractivity contribution in [1.82, 2.24) is 5.32 Å². The van der Waals surface area contributed by atoms with E-state index >= 15 is 0 Å². The quantitative estimate of drug-likeness (QED) is 0.362. The number of dihydropyridines is 1. The molecule has 8 nitrogen and oxygen atoms in total. The Kier molecular flexibility index (Phi) is 8.74. The van der Waals surface area contributed by atoms with Crippen LogP contribution >= 0.6 is 0 Å². The number of esters is 2. The number of hydrogen-bond donors (Lipinski definition) is 1. The van der Waals surface area contributed by atoms with E-state index in [-0.39, 0.29) is 19.0 Å². The number of para-hydroxylation sites is 1. The molecule has 0 unspecified atom stereocenters. The summed E-state index contributed by atoms with van der Waals surface area (Å²) >= 11 is 0. The molecule has 2 aromatic carbocycles. The third-order valence-corrected chi connectivity index (χ3v) is 7.12. The minimum absolute atomic E-state index is 0.140. The molecular formula is C31H35NO7. The maximum absolute atomic E-state index is 14.4. The Hall–Kier alpha value is -4.07. The van der Waals surface area contributed by atoms with Crippen LogP contribution in [0.4, 0.5) is 0 Å². The summed E-state index contributed by atoms with van der Waals surface area (Å²) in [5.41, 5.74) is 3.45. The normalized spacial score (nSPS) is 20.6. The minimum Gasteiger partial charge on any atom is -0.496 e. The van der Waals surface area contributed by atoms with Gasteiger partial charge < -0.3 is 24.3 Å². The van der Waals surface area contributed by atoms with E-state index in [9.17, 15) is 14.4 Å². The van der Waals surface area contributed by atoms with Gasteiger partial charge >= 0.3 is 11.9 Å². The van der Waals surface area contributed by atoms with E-state index in [1.807, 2.05) is 55.5 Å². The van der Waals surface area contributed by atoms with Crippen molar-refractivity contribution < 1.29 is 33.3 Å². The fourth-order valence-corrected chi connectivity index (χ4v) is 5.54. The second kappa shape index (κ2) is 12.2. The van der Waals surface area contributed by atoms with Crippen LogP contribution in [-0.4, -0.2) is 44.7 Å². The van der Waals surface area contributed by atoms with E-state index in [0.29, 0.717) is 47.1 Å². The number of ketones is 1. The van der Waals surface area contributed by atoms with Crippen LogP contribution in [-0.2, 0) is 23.9 Å². The fraction of sp³-hybridized carbons (Fsp3) is 0.387. The van der Waals surface area contributed by atoms with E-state index in [0.717, 1.165) is 11.1 Å². The molecule has 0 aromatic heterocycles. The number of Topliss-reactive ketones (excluding diaryl/α,β-unsaturated/α-hetero) is 1. The number of benzene rings is 2. The molecule has 206 valence electrons. The summed E-state index contributed by atoms with van der Waals surface area (Å²) in [7, 11) is 1.56. The molecule has 0 saturated carbocycles. The van der Waals surface area contributed by atoms with Gasteiger partial charge in [0.15, 0.2) is 5.78 Å². The molecule has 0 radical (unpaired) electrons. The lowest BCUT2D eigenvalue weighted by atomic mass is 9.67. The van der Waals surface area contributed by atoms with Gasteiger partial charge in [-0.2, -0.15) is 0 Å².